The van der Waals surface area contributed by atoms with E-state index in [4.69, 9.17) is 0 Å². The summed E-state index contributed by atoms with van der Waals surface area (Å²) < 4.78 is 1.12. The zero-order chi connectivity index (χ0) is 17.5. The number of quaternary nitrogens is 1. The van der Waals surface area contributed by atoms with Crippen LogP contribution in [0.5, 0.6) is 0 Å². The molecule has 1 atom stereocenters. The number of amides is 1. The molecule has 1 amide bonds. The minimum Gasteiger partial charge on any atom is -0.321 e. The highest BCUT2D eigenvalue weighted by atomic mass is 79.9. The third-order valence-corrected chi connectivity index (χ3v) is 5.38. The molecule has 0 aliphatic heterocycles. The summed E-state index contributed by atoms with van der Waals surface area (Å²) in [5.74, 6) is 0.414. The highest BCUT2D eigenvalue weighted by Gasteiger charge is 2.16. The van der Waals surface area contributed by atoms with E-state index >= 15 is 0 Å². The van der Waals surface area contributed by atoms with Crippen molar-refractivity contribution in [3.8, 4) is 0 Å². The Bertz CT molecular complexity index is 696. The molecule has 128 valence electrons. The van der Waals surface area contributed by atoms with Crippen molar-refractivity contribution in [2.24, 2.45) is 0 Å². The van der Waals surface area contributed by atoms with Gasteiger partial charge >= 0.3 is 0 Å². The van der Waals surface area contributed by atoms with Crippen LogP contribution in [0.2, 0.25) is 0 Å². The minimum atomic E-state index is 0.0376. The van der Waals surface area contributed by atoms with Crippen LogP contribution in [0.15, 0.2) is 52.8 Å². The van der Waals surface area contributed by atoms with Crippen LogP contribution in [-0.4, -0.2) is 19.0 Å². The van der Waals surface area contributed by atoms with E-state index < -0.39 is 0 Å². The Balaban J connectivity index is 2.01. The number of thiophene rings is 1. The third-order valence-electron chi connectivity index (χ3n) is 3.75. The first-order valence-corrected chi connectivity index (χ1v) is 9.68. The first kappa shape index (κ1) is 18.9. The van der Waals surface area contributed by atoms with Gasteiger partial charge in [-0.3, -0.25) is 4.79 Å². The van der Waals surface area contributed by atoms with Gasteiger partial charge < -0.3 is 10.2 Å². The van der Waals surface area contributed by atoms with Crippen molar-refractivity contribution >= 4 is 38.9 Å². The molecule has 1 aromatic carbocycles. The molecule has 0 bridgehead atoms. The van der Waals surface area contributed by atoms with Gasteiger partial charge in [-0.25, -0.2) is 0 Å². The molecule has 0 spiro atoms. The molecule has 2 rings (SSSR count). The number of hydrogen-bond donors (Lipinski definition) is 2. The Morgan fingerprint density at radius 1 is 1.33 bits per heavy atom. The number of carbonyl (C=O) groups is 1. The molecular formula is C19H24BrN2OS+. The second kappa shape index (κ2) is 9.16. The topological polar surface area (TPSA) is 33.5 Å². The summed E-state index contributed by atoms with van der Waals surface area (Å²) in [5, 5.41) is 3.07. The van der Waals surface area contributed by atoms with E-state index in [0.29, 0.717) is 12.5 Å². The summed E-state index contributed by atoms with van der Waals surface area (Å²) in [7, 11) is 0. The molecule has 1 heterocycles. The molecule has 5 heteroatoms. The maximum absolute atomic E-state index is 12.5. The zero-order valence-corrected chi connectivity index (χ0v) is 16.5. The van der Waals surface area contributed by atoms with Crippen molar-refractivity contribution in [2.75, 3.05) is 18.4 Å². The maximum Gasteiger partial charge on any atom is 0.279 e. The lowest BCUT2D eigenvalue weighted by Crippen LogP contribution is -3.11. The fourth-order valence-corrected chi connectivity index (χ4v) is 4.19. The summed E-state index contributed by atoms with van der Waals surface area (Å²) in [6, 6.07) is 12.1. The Kier molecular flexibility index (Phi) is 7.21. The smallest absolute Gasteiger partial charge is 0.279 e. The SMILES string of the molecule is C=CC[NH+](CC(=O)Nc1ccccc1C(C)C)Cc1ccc(Br)s1. The molecule has 0 fully saturated rings. The van der Waals surface area contributed by atoms with Gasteiger partial charge in [0.1, 0.15) is 6.54 Å². The molecule has 0 aliphatic carbocycles. The summed E-state index contributed by atoms with van der Waals surface area (Å²) in [5.41, 5.74) is 2.08. The molecule has 0 aliphatic rings. The molecular weight excluding hydrogens is 384 g/mol. The van der Waals surface area contributed by atoms with Gasteiger partial charge in [0.25, 0.3) is 5.91 Å². The van der Waals surface area contributed by atoms with Gasteiger partial charge in [0.15, 0.2) is 6.54 Å². The van der Waals surface area contributed by atoms with E-state index in [1.165, 1.54) is 15.3 Å². The second-order valence-corrected chi connectivity index (χ2v) is 8.64. The van der Waals surface area contributed by atoms with Gasteiger partial charge in [0.2, 0.25) is 0 Å². The van der Waals surface area contributed by atoms with Crippen LogP contribution in [0.1, 0.15) is 30.2 Å². The van der Waals surface area contributed by atoms with Crippen LogP contribution in [0.4, 0.5) is 5.69 Å². The third kappa shape index (κ3) is 5.58. The molecule has 3 nitrogen and oxygen atoms in total. The lowest BCUT2D eigenvalue weighted by molar-refractivity contribution is -0.899. The van der Waals surface area contributed by atoms with Crippen molar-refractivity contribution in [1.29, 1.82) is 0 Å². The van der Waals surface area contributed by atoms with Gasteiger partial charge in [-0.15, -0.1) is 11.3 Å². The fourth-order valence-electron chi connectivity index (χ4n) is 2.64. The first-order valence-electron chi connectivity index (χ1n) is 8.07. The quantitative estimate of drug-likeness (QED) is 0.640. The van der Waals surface area contributed by atoms with E-state index in [-0.39, 0.29) is 5.91 Å². The number of benzene rings is 1. The second-order valence-electron chi connectivity index (χ2n) is 6.09. The number of anilines is 1. The molecule has 24 heavy (non-hydrogen) atoms. The van der Waals surface area contributed by atoms with E-state index in [0.717, 1.165) is 22.6 Å². The van der Waals surface area contributed by atoms with Gasteiger partial charge in [0, 0.05) is 5.69 Å². The number of para-hydroxylation sites is 1. The summed E-state index contributed by atoms with van der Waals surface area (Å²) in [6.45, 7) is 10.1. The average Bonchev–Trinajstić information content (AvgIpc) is 2.92. The maximum atomic E-state index is 12.5. The predicted molar refractivity (Wildman–Crippen MR) is 106 cm³/mol. The Hall–Kier alpha value is -1.43. The van der Waals surface area contributed by atoms with Gasteiger partial charge in [-0.2, -0.15) is 0 Å². The normalized spacial score (nSPS) is 12.2. The predicted octanol–water partition coefficient (Wildman–Crippen LogP) is 3.84. The van der Waals surface area contributed by atoms with E-state index in [1.54, 1.807) is 11.3 Å². The molecule has 2 aromatic rings. The monoisotopic (exact) mass is 407 g/mol. The Morgan fingerprint density at radius 2 is 2.08 bits per heavy atom. The van der Waals surface area contributed by atoms with Crippen molar-refractivity contribution < 1.29 is 9.69 Å². The lowest BCUT2D eigenvalue weighted by Gasteiger charge is -2.18. The van der Waals surface area contributed by atoms with Gasteiger partial charge in [-0.05, 0) is 51.7 Å². The van der Waals surface area contributed by atoms with Crippen LogP contribution < -0.4 is 10.2 Å². The van der Waals surface area contributed by atoms with Crippen LogP contribution >= 0.6 is 27.3 Å². The lowest BCUT2D eigenvalue weighted by atomic mass is 10.0. The molecule has 1 unspecified atom stereocenters. The fraction of sp³-hybridized carbons (Fsp3) is 0.316. The number of halogens is 1. The largest absolute Gasteiger partial charge is 0.321 e. The van der Waals surface area contributed by atoms with Crippen LogP contribution in [0.3, 0.4) is 0 Å². The molecule has 0 saturated carbocycles. The number of rotatable bonds is 8. The number of hydrogen-bond acceptors (Lipinski definition) is 2. The van der Waals surface area contributed by atoms with Crippen molar-refractivity contribution in [3.63, 3.8) is 0 Å². The van der Waals surface area contributed by atoms with E-state index in [9.17, 15) is 4.79 Å². The van der Waals surface area contributed by atoms with E-state index in [2.05, 4.69) is 53.8 Å². The van der Waals surface area contributed by atoms with Gasteiger partial charge in [-0.1, -0.05) is 38.6 Å². The van der Waals surface area contributed by atoms with Crippen LogP contribution in [-0.2, 0) is 11.3 Å². The van der Waals surface area contributed by atoms with Crippen LogP contribution in [0, 0.1) is 0 Å². The highest BCUT2D eigenvalue weighted by Crippen LogP contribution is 2.23. The van der Waals surface area contributed by atoms with Crippen molar-refractivity contribution in [1.82, 2.24) is 0 Å². The van der Waals surface area contributed by atoms with Crippen LogP contribution in [0.25, 0.3) is 0 Å². The Labute approximate surface area is 156 Å². The molecule has 0 saturated heterocycles. The Morgan fingerprint density at radius 3 is 2.71 bits per heavy atom. The first-order chi connectivity index (χ1) is 11.5. The number of nitrogens with one attached hydrogen (secondary N) is 2. The van der Waals surface area contributed by atoms with Crippen molar-refractivity contribution in [3.05, 3.63) is 63.3 Å². The molecule has 1 aromatic heterocycles. The zero-order valence-electron chi connectivity index (χ0n) is 14.1. The molecule has 0 radical (unpaired) electrons. The molecule has 2 N–H and O–H groups in total. The average molecular weight is 408 g/mol. The summed E-state index contributed by atoms with van der Waals surface area (Å²) >= 11 is 5.20. The highest BCUT2D eigenvalue weighted by molar-refractivity contribution is 9.11. The summed E-state index contributed by atoms with van der Waals surface area (Å²) in [6.07, 6.45) is 1.87. The number of carbonyl (C=O) groups excluding carboxylic acids is 1. The summed E-state index contributed by atoms with van der Waals surface area (Å²) in [4.78, 5) is 14.9. The standard InChI is InChI=1S/C19H23BrN2OS/c1-4-11-22(12-15-9-10-18(20)24-15)13-19(23)21-17-8-6-5-7-16(17)14(2)3/h4-10,14H,1,11-13H2,2-3H3,(H,21,23)/p+1. The van der Waals surface area contributed by atoms with Gasteiger partial charge in [0.05, 0.1) is 15.2 Å². The van der Waals surface area contributed by atoms with Crippen molar-refractivity contribution in [2.45, 2.75) is 26.3 Å². The van der Waals surface area contributed by atoms with E-state index in [1.807, 2.05) is 30.3 Å². The minimum absolute atomic E-state index is 0.0376.